The van der Waals surface area contributed by atoms with Crippen molar-refractivity contribution in [3.8, 4) is 0 Å². The van der Waals surface area contributed by atoms with Gasteiger partial charge in [-0.15, -0.1) is 0 Å². The Kier molecular flexibility index (Phi) is 6.18. The largest absolute Gasteiger partial charge is 0.372 e. The molecule has 1 unspecified atom stereocenters. The summed E-state index contributed by atoms with van der Waals surface area (Å²) in [5, 5.41) is 0. The second-order valence-corrected chi connectivity index (χ2v) is 7.86. The minimum absolute atomic E-state index is 0.245. The fraction of sp³-hybridized carbons (Fsp3) is 0.360. The third-order valence-electron chi connectivity index (χ3n) is 6.06. The number of rotatable bonds is 6. The number of benzene rings is 2. The van der Waals surface area contributed by atoms with Crippen LogP contribution in [-0.4, -0.2) is 29.1 Å². The monoisotopic (exact) mass is 409 g/mol. The number of nitrogens with zero attached hydrogens (tertiary/aromatic N) is 3. The summed E-state index contributed by atoms with van der Waals surface area (Å²) in [7, 11) is 0. The van der Waals surface area contributed by atoms with E-state index in [-0.39, 0.29) is 6.04 Å². The molecule has 3 aromatic rings. The predicted molar refractivity (Wildman–Crippen MR) is 118 cm³/mol. The summed E-state index contributed by atoms with van der Waals surface area (Å²) >= 11 is 0. The maximum Gasteiger partial charge on any atom is 0.131 e. The van der Waals surface area contributed by atoms with Gasteiger partial charge in [0.2, 0.25) is 0 Å². The lowest BCUT2D eigenvalue weighted by Crippen LogP contribution is -2.30. The van der Waals surface area contributed by atoms with Crippen molar-refractivity contribution in [2.45, 2.75) is 39.4 Å². The molecule has 0 aliphatic carbocycles. The second-order valence-electron chi connectivity index (χ2n) is 7.86. The summed E-state index contributed by atoms with van der Waals surface area (Å²) in [6.07, 6.45) is 3.03. The molecule has 2 heterocycles. The molecule has 3 nitrogen and oxygen atoms in total. The average Bonchev–Trinajstić information content (AvgIpc) is 3.13. The van der Waals surface area contributed by atoms with Gasteiger partial charge < -0.3 is 9.47 Å². The van der Waals surface area contributed by atoms with E-state index in [2.05, 4.69) is 58.5 Å². The Morgan fingerprint density at radius 1 is 0.967 bits per heavy atom. The Labute approximate surface area is 177 Å². The molecule has 0 N–H and O–H groups in total. The molecule has 0 saturated carbocycles. The maximum atomic E-state index is 14.8. The highest BCUT2D eigenvalue weighted by molar-refractivity contribution is 5.47. The van der Waals surface area contributed by atoms with Crippen molar-refractivity contribution < 1.29 is 8.78 Å². The van der Waals surface area contributed by atoms with Gasteiger partial charge in [-0.25, -0.2) is 8.78 Å². The van der Waals surface area contributed by atoms with E-state index in [1.54, 1.807) is 6.07 Å². The van der Waals surface area contributed by atoms with E-state index in [0.29, 0.717) is 12.1 Å². The summed E-state index contributed by atoms with van der Waals surface area (Å²) in [4.78, 5) is 4.63. The van der Waals surface area contributed by atoms with Crippen molar-refractivity contribution in [1.82, 2.24) is 9.47 Å². The van der Waals surface area contributed by atoms with E-state index in [9.17, 15) is 8.78 Å². The van der Waals surface area contributed by atoms with Crippen LogP contribution >= 0.6 is 0 Å². The topological polar surface area (TPSA) is 11.4 Å². The third-order valence-corrected chi connectivity index (χ3v) is 6.06. The molecule has 0 saturated heterocycles. The Hall–Kier alpha value is -2.66. The van der Waals surface area contributed by atoms with Crippen LogP contribution in [0.15, 0.2) is 60.8 Å². The molecular weight excluding hydrogens is 380 g/mol. The van der Waals surface area contributed by atoms with Crippen LogP contribution in [0.25, 0.3) is 0 Å². The van der Waals surface area contributed by atoms with Crippen LogP contribution in [0.5, 0.6) is 0 Å². The number of hydrogen-bond donors (Lipinski definition) is 0. The van der Waals surface area contributed by atoms with Gasteiger partial charge in [0.25, 0.3) is 0 Å². The molecule has 2 aromatic carbocycles. The highest BCUT2D eigenvalue weighted by Gasteiger charge is 2.29. The number of anilines is 1. The smallest absolute Gasteiger partial charge is 0.131 e. The van der Waals surface area contributed by atoms with E-state index in [1.165, 1.54) is 17.3 Å². The fourth-order valence-corrected chi connectivity index (χ4v) is 4.52. The first-order chi connectivity index (χ1) is 14.6. The Morgan fingerprint density at radius 3 is 2.43 bits per heavy atom. The van der Waals surface area contributed by atoms with Crippen LogP contribution in [0.4, 0.5) is 14.5 Å². The highest BCUT2D eigenvalue weighted by atomic mass is 19.1. The Morgan fingerprint density at radius 2 is 1.73 bits per heavy atom. The Bertz CT molecular complexity index is 976. The first kappa shape index (κ1) is 20.6. The molecule has 158 valence electrons. The zero-order valence-corrected chi connectivity index (χ0v) is 17.7. The van der Waals surface area contributed by atoms with E-state index in [0.717, 1.165) is 44.4 Å². The molecule has 1 aliphatic heterocycles. The molecule has 0 bridgehead atoms. The van der Waals surface area contributed by atoms with Crippen molar-refractivity contribution >= 4 is 5.69 Å². The van der Waals surface area contributed by atoms with Gasteiger partial charge in [0.05, 0.1) is 6.04 Å². The minimum atomic E-state index is -0.543. The van der Waals surface area contributed by atoms with Gasteiger partial charge in [-0.1, -0.05) is 18.2 Å². The lowest BCUT2D eigenvalue weighted by Gasteiger charge is -2.31. The van der Waals surface area contributed by atoms with Gasteiger partial charge in [-0.3, -0.25) is 4.90 Å². The molecule has 0 radical (unpaired) electrons. The molecule has 1 aromatic heterocycles. The molecule has 0 spiro atoms. The van der Waals surface area contributed by atoms with Crippen molar-refractivity contribution in [2.75, 3.05) is 24.5 Å². The van der Waals surface area contributed by atoms with Crippen molar-refractivity contribution in [2.24, 2.45) is 0 Å². The number of halogens is 2. The molecule has 30 heavy (non-hydrogen) atoms. The maximum absolute atomic E-state index is 14.8. The van der Waals surface area contributed by atoms with Crippen LogP contribution in [0, 0.1) is 11.6 Å². The summed E-state index contributed by atoms with van der Waals surface area (Å²) in [6.45, 7) is 8.73. The minimum Gasteiger partial charge on any atom is -0.372 e. The number of hydrogen-bond acceptors (Lipinski definition) is 2. The molecule has 4 rings (SSSR count). The van der Waals surface area contributed by atoms with E-state index in [4.69, 9.17) is 0 Å². The zero-order chi connectivity index (χ0) is 21.1. The van der Waals surface area contributed by atoms with Gasteiger partial charge in [0.15, 0.2) is 0 Å². The summed E-state index contributed by atoms with van der Waals surface area (Å²) in [5.41, 5.74) is 3.99. The third kappa shape index (κ3) is 4.12. The quantitative estimate of drug-likeness (QED) is 0.524. The average molecular weight is 410 g/mol. The van der Waals surface area contributed by atoms with E-state index < -0.39 is 11.6 Å². The van der Waals surface area contributed by atoms with Crippen molar-refractivity contribution in [3.05, 3.63) is 89.2 Å². The van der Waals surface area contributed by atoms with E-state index >= 15 is 0 Å². The molecule has 0 amide bonds. The van der Waals surface area contributed by atoms with Crippen LogP contribution in [0.3, 0.4) is 0 Å². The molecule has 0 fully saturated rings. The van der Waals surface area contributed by atoms with Gasteiger partial charge in [-0.05, 0) is 56.2 Å². The molecule has 1 aliphatic rings. The van der Waals surface area contributed by atoms with Crippen LogP contribution < -0.4 is 4.90 Å². The van der Waals surface area contributed by atoms with E-state index in [1.807, 2.05) is 12.3 Å². The van der Waals surface area contributed by atoms with Gasteiger partial charge >= 0.3 is 0 Å². The summed E-state index contributed by atoms with van der Waals surface area (Å²) in [5.74, 6) is -1.03. The van der Waals surface area contributed by atoms with Crippen molar-refractivity contribution in [3.63, 3.8) is 0 Å². The van der Waals surface area contributed by atoms with Gasteiger partial charge in [0, 0.05) is 61.9 Å². The second kappa shape index (κ2) is 9.00. The lowest BCUT2D eigenvalue weighted by molar-refractivity contribution is 0.216. The van der Waals surface area contributed by atoms with Crippen LogP contribution in [0.1, 0.15) is 43.1 Å². The fourth-order valence-electron chi connectivity index (χ4n) is 4.52. The lowest BCUT2D eigenvalue weighted by atomic mass is 10.00. The number of aromatic nitrogens is 1. The van der Waals surface area contributed by atoms with Crippen LogP contribution in [-0.2, 0) is 13.1 Å². The van der Waals surface area contributed by atoms with Crippen LogP contribution in [0.2, 0.25) is 0 Å². The first-order valence-electron chi connectivity index (χ1n) is 10.8. The highest BCUT2D eigenvalue weighted by Crippen LogP contribution is 2.34. The van der Waals surface area contributed by atoms with Crippen molar-refractivity contribution in [1.29, 1.82) is 0 Å². The SMILES string of the molecule is CCN(CC)c1ccc(CN2CCCn3cccc3C2c2ccc(F)cc2F)cc1. The molecule has 5 heteroatoms. The zero-order valence-electron chi connectivity index (χ0n) is 17.7. The first-order valence-corrected chi connectivity index (χ1v) is 10.8. The standard InChI is InChI=1S/C25H29F2N3/c1-3-28(4-2)21-11-8-19(9-12-21)18-30-16-6-15-29-14-5-7-24(29)25(30)22-13-10-20(26)17-23(22)27/h5,7-14,17,25H,3-4,6,15-16,18H2,1-2H3. The molecular formula is C25H29F2N3. The van der Waals surface area contributed by atoms with Gasteiger partial charge in [0.1, 0.15) is 11.6 Å². The molecule has 1 atom stereocenters. The number of aryl methyl sites for hydroxylation is 1. The number of fused-ring (bicyclic) bond motifs is 1. The normalized spacial score (nSPS) is 16.9. The summed E-state index contributed by atoms with van der Waals surface area (Å²) in [6, 6.07) is 16.4. The Balaban J connectivity index is 1.67. The predicted octanol–water partition coefficient (Wildman–Crippen LogP) is 5.61. The van der Waals surface area contributed by atoms with Gasteiger partial charge in [-0.2, -0.15) is 0 Å². The summed E-state index contributed by atoms with van der Waals surface area (Å²) < 4.78 is 30.6.